The zero-order valence-electron chi connectivity index (χ0n) is 14.1. The maximum atomic E-state index is 13.0. The molecule has 0 radical (unpaired) electrons. The van der Waals surface area contributed by atoms with Gasteiger partial charge in [0.25, 0.3) is 5.89 Å². The monoisotopic (exact) mass is 387 g/mol. The molecule has 0 N–H and O–H groups in total. The predicted octanol–water partition coefficient (Wildman–Crippen LogP) is 4.25. The fourth-order valence-corrected chi connectivity index (χ4v) is 3.28. The Morgan fingerprint density at radius 2 is 2.04 bits per heavy atom. The molecule has 3 aromatic rings. The van der Waals surface area contributed by atoms with Gasteiger partial charge in [-0.2, -0.15) is 0 Å². The van der Waals surface area contributed by atoms with E-state index in [9.17, 15) is 4.79 Å². The molecule has 2 aromatic heterocycles. The Hall–Kier alpha value is -2.21. The molecule has 0 unspecified atom stereocenters. The highest BCUT2D eigenvalue weighted by molar-refractivity contribution is 9.10. The number of hydrogen-bond acceptors (Lipinski definition) is 4. The van der Waals surface area contributed by atoms with Gasteiger partial charge in [-0.1, -0.05) is 35.0 Å². The number of rotatable bonds is 4. The predicted molar refractivity (Wildman–Crippen MR) is 95.1 cm³/mol. The van der Waals surface area contributed by atoms with E-state index in [0.717, 1.165) is 21.4 Å². The van der Waals surface area contributed by atoms with Crippen LogP contribution in [0, 0.1) is 13.8 Å². The van der Waals surface area contributed by atoms with Crippen molar-refractivity contribution in [1.29, 1.82) is 0 Å². The molecule has 24 heavy (non-hydrogen) atoms. The lowest BCUT2D eigenvalue weighted by atomic mass is 10.00. The van der Waals surface area contributed by atoms with E-state index in [4.69, 9.17) is 4.42 Å². The first-order valence-electron chi connectivity index (χ1n) is 7.73. The second-order valence-corrected chi connectivity index (χ2v) is 6.60. The van der Waals surface area contributed by atoms with E-state index >= 15 is 0 Å². The van der Waals surface area contributed by atoms with Crippen molar-refractivity contribution in [2.45, 2.75) is 27.2 Å². The lowest BCUT2D eigenvalue weighted by molar-refractivity contribution is 0.103. The smallest absolute Gasteiger partial charge is 0.264 e. The van der Waals surface area contributed by atoms with Crippen molar-refractivity contribution in [2.75, 3.05) is 0 Å². The zero-order valence-corrected chi connectivity index (χ0v) is 15.6. The van der Waals surface area contributed by atoms with Gasteiger partial charge in [0.2, 0.25) is 5.89 Å². The second kappa shape index (κ2) is 6.36. The number of aromatic nitrogens is 3. The molecule has 0 atom stereocenters. The van der Waals surface area contributed by atoms with Crippen molar-refractivity contribution in [3.63, 3.8) is 0 Å². The van der Waals surface area contributed by atoms with Gasteiger partial charge in [0, 0.05) is 34.8 Å². The van der Waals surface area contributed by atoms with Crippen LogP contribution in [0.1, 0.15) is 40.0 Å². The van der Waals surface area contributed by atoms with E-state index < -0.39 is 0 Å². The highest BCUT2D eigenvalue weighted by atomic mass is 79.9. The summed E-state index contributed by atoms with van der Waals surface area (Å²) >= 11 is 3.42. The average Bonchev–Trinajstić information content (AvgIpc) is 3.11. The van der Waals surface area contributed by atoms with Crippen molar-refractivity contribution >= 4 is 21.7 Å². The Bertz CT molecular complexity index is 924. The third-order valence-electron chi connectivity index (χ3n) is 4.22. The molecule has 5 nitrogen and oxygen atoms in total. The van der Waals surface area contributed by atoms with Crippen LogP contribution in [0.3, 0.4) is 0 Å². The molecule has 0 aliphatic rings. The molecule has 124 valence electrons. The van der Waals surface area contributed by atoms with E-state index in [1.165, 1.54) is 0 Å². The van der Waals surface area contributed by atoms with Crippen molar-refractivity contribution in [2.24, 2.45) is 7.05 Å². The van der Waals surface area contributed by atoms with Gasteiger partial charge in [-0.3, -0.25) is 4.79 Å². The van der Waals surface area contributed by atoms with Crippen LogP contribution >= 0.6 is 15.9 Å². The minimum atomic E-state index is -0.0108. The van der Waals surface area contributed by atoms with Gasteiger partial charge in [-0.05, 0) is 31.5 Å². The molecule has 0 saturated carbocycles. The molecule has 6 heteroatoms. The third kappa shape index (κ3) is 2.71. The molecule has 0 bridgehead atoms. The number of benzene rings is 1. The molecule has 1 aromatic carbocycles. The molecular weight excluding hydrogens is 370 g/mol. The van der Waals surface area contributed by atoms with E-state index in [1.807, 2.05) is 56.7 Å². The first-order valence-corrected chi connectivity index (χ1v) is 8.52. The first kappa shape index (κ1) is 16.6. The minimum absolute atomic E-state index is 0.0108. The first-order chi connectivity index (χ1) is 11.4. The van der Waals surface area contributed by atoms with Gasteiger partial charge in [0.15, 0.2) is 5.78 Å². The van der Waals surface area contributed by atoms with Crippen molar-refractivity contribution in [3.8, 4) is 11.6 Å². The number of carbonyl (C=O) groups is 1. The van der Waals surface area contributed by atoms with Gasteiger partial charge in [0.05, 0.1) is 0 Å². The van der Waals surface area contributed by atoms with Crippen LogP contribution in [-0.4, -0.2) is 20.5 Å². The molecule has 0 aliphatic carbocycles. The molecule has 0 aliphatic heterocycles. The van der Waals surface area contributed by atoms with Gasteiger partial charge >= 0.3 is 0 Å². The number of hydrogen-bond donors (Lipinski definition) is 0. The average molecular weight is 388 g/mol. The van der Waals surface area contributed by atoms with E-state index in [-0.39, 0.29) is 5.78 Å². The molecule has 0 spiro atoms. The Morgan fingerprint density at radius 1 is 1.29 bits per heavy atom. The lowest BCUT2D eigenvalue weighted by Gasteiger charge is -2.03. The highest BCUT2D eigenvalue weighted by Crippen LogP contribution is 2.31. The fourth-order valence-electron chi connectivity index (χ4n) is 2.88. The molecule has 2 heterocycles. The summed E-state index contributed by atoms with van der Waals surface area (Å²) in [4.78, 5) is 13.0. The van der Waals surface area contributed by atoms with E-state index in [1.54, 1.807) is 0 Å². The van der Waals surface area contributed by atoms with Crippen LogP contribution in [0.25, 0.3) is 11.6 Å². The quantitative estimate of drug-likeness (QED) is 0.627. The highest BCUT2D eigenvalue weighted by Gasteiger charge is 2.25. The Labute approximate surface area is 148 Å². The summed E-state index contributed by atoms with van der Waals surface area (Å²) in [5, 5.41) is 8.15. The number of halogens is 1. The summed E-state index contributed by atoms with van der Waals surface area (Å²) in [5.74, 6) is 1.02. The molecular formula is C18H18BrN3O2. The fraction of sp³-hybridized carbons (Fsp3) is 0.278. The van der Waals surface area contributed by atoms with Crippen LogP contribution in [-0.2, 0) is 13.5 Å². The summed E-state index contributed by atoms with van der Waals surface area (Å²) in [6.07, 6.45) is 0.680. The van der Waals surface area contributed by atoms with Gasteiger partial charge in [-0.15, -0.1) is 10.2 Å². The lowest BCUT2D eigenvalue weighted by Crippen LogP contribution is -2.04. The number of ketones is 1. The maximum absolute atomic E-state index is 13.0. The Morgan fingerprint density at radius 3 is 2.67 bits per heavy atom. The third-order valence-corrected chi connectivity index (χ3v) is 4.71. The molecule has 0 saturated heterocycles. The summed E-state index contributed by atoms with van der Waals surface area (Å²) in [6, 6.07) is 7.41. The van der Waals surface area contributed by atoms with Gasteiger partial charge < -0.3 is 8.98 Å². The van der Waals surface area contributed by atoms with E-state index in [0.29, 0.717) is 29.3 Å². The standard InChI is InChI=1S/C18H18BrN3O2/c1-5-14-20-21-18(24-14)16-10(2)15(11(3)22(16)4)17(23)12-7-6-8-13(19)9-12/h6-9H,5H2,1-4H3. The van der Waals surface area contributed by atoms with Crippen LogP contribution in [0.2, 0.25) is 0 Å². The summed E-state index contributed by atoms with van der Waals surface area (Å²) < 4.78 is 8.51. The van der Waals surface area contributed by atoms with Gasteiger partial charge in [0.1, 0.15) is 5.69 Å². The largest absolute Gasteiger partial charge is 0.419 e. The number of nitrogens with zero attached hydrogens (tertiary/aromatic N) is 3. The van der Waals surface area contributed by atoms with Gasteiger partial charge in [-0.25, -0.2) is 0 Å². The zero-order chi connectivity index (χ0) is 17.4. The Kier molecular flexibility index (Phi) is 4.41. The number of carbonyl (C=O) groups excluding carboxylic acids is 1. The topological polar surface area (TPSA) is 60.9 Å². The summed E-state index contributed by atoms with van der Waals surface area (Å²) in [6.45, 7) is 5.81. The van der Waals surface area contributed by atoms with Crippen LogP contribution < -0.4 is 0 Å². The normalized spacial score (nSPS) is 11.0. The molecule has 0 fully saturated rings. The van der Waals surface area contributed by atoms with Crippen molar-refractivity contribution in [3.05, 3.63) is 57.0 Å². The van der Waals surface area contributed by atoms with Crippen LogP contribution in [0.5, 0.6) is 0 Å². The van der Waals surface area contributed by atoms with Crippen LogP contribution in [0.4, 0.5) is 0 Å². The Balaban J connectivity index is 2.13. The van der Waals surface area contributed by atoms with E-state index in [2.05, 4.69) is 26.1 Å². The number of aryl methyl sites for hydroxylation is 1. The maximum Gasteiger partial charge on any atom is 0.264 e. The molecule has 0 amide bonds. The minimum Gasteiger partial charge on any atom is -0.419 e. The summed E-state index contributed by atoms with van der Waals surface area (Å²) in [5.41, 5.74) is 3.85. The SMILES string of the molecule is CCc1nnc(-c2c(C)c(C(=O)c3cccc(Br)c3)c(C)n2C)o1. The molecule has 3 rings (SSSR count). The van der Waals surface area contributed by atoms with Crippen molar-refractivity contribution in [1.82, 2.24) is 14.8 Å². The summed E-state index contributed by atoms with van der Waals surface area (Å²) in [7, 11) is 1.91. The van der Waals surface area contributed by atoms with Crippen LogP contribution in [0.15, 0.2) is 33.2 Å². The van der Waals surface area contributed by atoms with Crippen molar-refractivity contribution < 1.29 is 9.21 Å². The second-order valence-electron chi connectivity index (χ2n) is 5.69.